The molecular weight excluding hydrogens is 504 g/mol. The molecule has 0 aliphatic carbocycles. The molecular formula is C25H37BrN2O6. The van der Waals surface area contributed by atoms with Crippen LogP contribution in [0.1, 0.15) is 45.4 Å². The third-order valence-electron chi connectivity index (χ3n) is 7.13. The number of likely N-dealkylation sites (tertiary alicyclic amines) is 1. The van der Waals surface area contributed by atoms with Gasteiger partial charge < -0.3 is 24.4 Å². The highest BCUT2D eigenvalue weighted by atomic mass is 79.9. The van der Waals surface area contributed by atoms with E-state index in [0.717, 1.165) is 25.7 Å². The lowest BCUT2D eigenvalue weighted by atomic mass is 9.70. The number of carbonyl (C=O) groups is 3. The summed E-state index contributed by atoms with van der Waals surface area (Å²) in [5.41, 5.74) is -1.13. The number of aliphatic hydroxyl groups excluding tert-OH is 1. The molecule has 1 spiro atoms. The number of allylic oxidation sites excluding steroid dienone is 1. The molecule has 190 valence electrons. The second kappa shape index (κ2) is 11.8. The van der Waals surface area contributed by atoms with Crippen LogP contribution in [0.25, 0.3) is 0 Å². The van der Waals surface area contributed by atoms with Crippen LogP contribution >= 0.6 is 15.9 Å². The molecule has 9 heteroatoms. The minimum atomic E-state index is -1.13. The number of aliphatic hydroxyl groups is 1. The van der Waals surface area contributed by atoms with Gasteiger partial charge in [-0.25, -0.2) is 0 Å². The van der Waals surface area contributed by atoms with E-state index in [4.69, 9.17) is 9.47 Å². The van der Waals surface area contributed by atoms with E-state index >= 15 is 0 Å². The average molecular weight is 541 g/mol. The molecule has 3 unspecified atom stereocenters. The zero-order chi connectivity index (χ0) is 24.9. The molecule has 0 radical (unpaired) electrons. The zero-order valence-electron chi connectivity index (χ0n) is 20.0. The molecule has 3 heterocycles. The number of nitrogens with zero attached hydrogens (tertiary/aromatic N) is 2. The van der Waals surface area contributed by atoms with Gasteiger partial charge in [-0.15, -0.1) is 13.2 Å². The van der Waals surface area contributed by atoms with Gasteiger partial charge in [-0.05, 0) is 25.7 Å². The lowest BCUT2D eigenvalue weighted by molar-refractivity contribution is -0.155. The Morgan fingerprint density at radius 1 is 1.32 bits per heavy atom. The first-order valence-corrected chi connectivity index (χ1v) is 13.2. The Balaban J connectivity index is 1.91. The van der Waals surface area contributed by atoms with Gasteiger partial charge >= 0.3 is 5.97 Å². The molecule has 6 atom stereocenters. The van der Waals surface area contributed by atoms with Crippen LogP contribution in [0.2, 0.25) is 0 Å². The first kappa shape index (κ1) is 26.9. The molecule has 3 rings (SSSR count). The summed E-state index contributed by atoms with van der Waals surface area (Å²) in [6.45, 7) is 10.4. The number of rotatable bonds is 14. The molecule has 0 aromatic carbocycles. The molecule has 2 bridgehead atoms. The van der Waals surface area contributed by atoms with Crippen molar-refractivity contribution >= 4 is 33.7 Å². The van der Waals surface area contributed by atoms with Crippen molar-refractivity contribution in [3.63, 3.8) is 0 Å². The number of carbonyl (C=O) groups excluding carboxylic acids is 3. The van der Waals surface area contributed by atoms with Crippen molar-refractivity contribution in [2.45, 2.75) is 68.0 Å². The highest BCUT2D eigenvalue weighted by Crippen LogP contribution is 2.60. The van der Waals surface area contributed by atoms with Crippen LogP contribution in [-0.4, -0.2) is 88.1 Å². The van der Waals surface area contributed by atoms with Crippen molar-refractivity contribution in [1.82, 2.24) is 9.80 Å². The summed E-state index contributed by atoms with van der Waals surface area (Å²) < 4.78 is 11.9. The van der Waals surface area contributed by atoms with Crippen molar-refractivity contribution in [2.75, 3.05) is 32.8 Å². The van der Waals surface area contributed by atoms with E-state index in [0.29, 0.717) is 25.9 Å². The van der Waals surface area contributed by atoms with Crippen LogP contribution in [0.4, 0.5) is 0 Å². The summed E-state index contributed by atoms with van der Waals surface area (Å²) in [6, 6.07) is -0.901. The van der Waals surface area contributed by atoms with Gasteiger partial charge in [0.15, 0.2) is 0 Å². The molecule has 0 saturated carbocycles. The van der Waals surface area contributed by atoms with Crippen molar-refractivity contribution in [3.8, 4) is 0 Å². The molecule has 3 saturated heterocycles. The fourth-order valence-corrected chi connectivity index (χ4v) is 6.64. The highest BCUT2D eigenvalue weighted by Gasteiger charge is 2.77. The van der Waals surface area contributed by atoms with E-state index < -0.39 is 35.6 Å². The highest BCUT2D eigenvalue weighted by molar-refractivity contribution is 9.09. The number of ether oxygens (including phenoxy) is 2. The molecule has 34 heavy (non-hydrogen) atoms. The largest absolute Gasteiger partial charge is 0.465 e. The predicted octanol–water partition coefficient (Wildman–Crippen LogP) is 2.44. The molecule has 3 aliphatic rings. The number of unbranched alkanes of at least 4 members (excludes halogenated alkanes) is 3. The number of halogens is 1. The Labute approximate surface area is 210 Å². The van der Waals surface area contributed by atoms with Gasteiger partial charge in [0.1, 0.15) is 11.6 Å². The molecule has 0 aromatic heterocycles. The summed E-state index contributed by atoms with van der Waals surface area (Å²) in [7, 11) is 0. The monoisotopic (exact) mass is 540 g/mol. The number of amides is 2. The minimum Gasteiger partial charge on any atom is -0.465 e. The maximum absolute atomic E-state index is 13.9. The van der Waals surface area contributed by atoms with Gasteiger partial charge in [-0.3, -0.25) is 14.4 Å². The molecule has 2 amide bonds. The van der Waals surface area contributed by atoms with E-state index in [1.54, 1.807) is 17.1 Å². The SMILES string of the molecule is C=CCCCOC(=O)[C@H]1[C@H]2C(=O)N(CCO)C(C(=O)N(CC=C)CCCCC)C23CC(Br)[C@@H]1O3. The normalized spacial score (nSPS) is 31.4. The summed E-state index contributed by atoms with van der Waals surface area (Å²) in [5, 5.41) is 9.70. The van der Waals surface area contributed by atoms with Crippen LogP contribution < -0.4 is 0 Å². The van der Waals surface area contributed by atoms with Gasteiger partial charge in [0.2, 0.25) is 11.8 Å². The molecule has 3 fully saturated rings. The number of hydrogen-bond donors (Lipinski definition) is 1. The third kappa shape index (κ3) is 4.84. The number of alkyl halides is 1. The second-order valence-corrected chi connectivity index (χ2v) is 10.5. The quantitative estimate of drug-likeness (QED) is 0.157. The number of hydrogen-bond acceptors (Lipinski definition) is 6. The smallest absolute Gasteiger partial charge is 0.312 e. The summed E-state index contributed by atoms with van der Waals surface area (Å²) in [6.07, 6.45) is 7.56. The standard InChI is InChI=1S/C25H37BrN2O6/c1-4-7-9-12-27(11-6-3)23(31)21-25-16-17(26)20(34-25)18(24(32)33-15-10-8-5-2)19(25)22(30)28(21)13-14-29/h5-6,17-21,29H,2-4,7-16H2,1H3/t17?,18-,19-,20-,21?,25?/m0/s1. The number of β-amino-alcohol motifs (C(OH)–C–C–N with tert-alkyl or cyclic N) is 1. The van der Waals surface area contributed by atoms with E-state index in [1.807, 2.05) is 0 Å². The van der Waals surface area contributed by atoms with Gasteiger partial charge in [0, 0.05) is 24.5 Å². The van der Waals surface area contributed by atoms with Gasteiger partial charge in [-0.2, -0.15) is 0 Å². The zero-order valence-corrected chi connectivity index (χ0v) is 21.6. The van der Waals surface area contributed by atoms with Gasteiger partial charge in [-0.1, -0.05) is 47.8 Å². The van der Waals surface area contributed by atoms with Crippen LogP contribution in [-0.2, 0) is 23.9 Å². The maximum atomic E-state index is 13.9. The lowest BCUT2D eigenvalue weighted by Crippen LogP contribution is -2.57. The van der Waals surface area contributed by atoms with E-state index in [9.17, 15) is 19.5 Å². The second-order valence-electron chi connectivity index (χ2n) is 9.30. The Bertz CT molecular complexity index is 791. The average Bonchev–Trinajstić information content (AvgIpc) is 3.40. The fraction of sp³-hybridized carbons (Fsp3) is 0.720. The number of esters is 1. The van der Waals surface area contributed by atoms with E-state index in [1.165, 1.54) is 4.90 Å². The van der Waals surface area contributed by atoms with Crippen LogP contribution in [0, 0.1) is 11.8 Å². The van der Waals surface area contributed by atoms with Crippen molar-refractivity contribution in [2.24, 2.45) is 11.8 Å². The first-order valence-electron chi connectivity index (χ1n) is 12.3. The maximum Gasteiger partial charge on any atom is 0.312 e. The third-order valence-corrected chi connectivity index (χ3v) is 7.97. The van der Waals surface area contributed by atoms with Crippen LogP contribution in [0.3, 0.4) is 0 Å². The topological polar surface area (TPSA) is 96.4 Å². The summed E-state index contributed by atoms with van der Waals surface area (Å²) >= 11 is 3.64. The van der Waals surface area contributed by atoms with Crippen LogP contribution in [0.5, 0.6) is 0 Å². The van der Waals surface area contributed by atoms with Gasteiger partial charge in [0.05, 0.1) is 31.2 Å². The molecule has 8 nitrogen and oxygen atoms in total. The van der Waals surface area contributed by atoms with Crippen molar-refractivity contribution in [3.05, 3.63) is 25.3 Å². The summed E-state index contributed by atoms with van der Waals surface area (Å²) in [5.74, 6) is -2.61. The van der Waals surface area contributed by atoms with Crippen molar-refractivity contribution in [1.29, 1.82) is 0 Å². The summed E-state index contributed by atoms with van der Waals surface area (Å²) in [4.78, 5) is 43.6. The van der Waals surface area contributed by atoms with Gasteiger partial charge in [0.25, 0.3) is 0 Å². The fourth-order valence-electron chi connectivity index (χ4n) is 5.70. The first-order chi connectivity index (χ1) is 16.4. The molecule has 1 N–H and O–H groups in total. The molecule has 3 aliphatic heterocycles. The van der Waals surface area contributed by atoms with E-state index in [2.05, 4.69) is 36.0 Å². The Morgan fingerprint density at radius 3 is 2.74 bits per heavy atom. The van der Waals surface area contributed by atoms with Crippen LogP contribution in [0.15, 0.2) is 25.3 Å². The Hall–Kier alpha value is -1.71. The minimum absolute atomic E-state index is 0.00641. The number of fused-ring (bicyclic) bond motifs is 1. The Morgan fingerprint density at radius 2 is 2.09 bits per heavy atom. The lowest BCUT2D eigenvalue weighted by Gasteiger charge is -2.37. The van der Waals surface area contributed by atoms with E-state index in [-0.39, 0.29) is 36.4 Å². The molecule has 0 aromatic rings. The van der Waals surface area contributed by atoms with Crippen molar-refractivity contribution < 1.29 is 29.0 Å². The Kier molecular flexibility index (Phi) is 9.34. The predicted molar refractivity (Wildman–Crippen MR) is 131 cm³/mol.